The molecule has 5 heteroatoms. The average molecular weight is 271 g/mol. The predicted octanol–water partition coefficient (Wildman–Crippen LogP) is 2.80. The summed E-state index contributed by atoms with van der Waals surface area (Å²) in [5.41, 5.74) is -0.0695. The minimum atomic E-state index is -0.590. The highest BCUT2D eigenvalue weighted by molar-refractivity contribution is 6.18. The highest BCUT2D eigenvalue weighted by Crippen LogP contribution is 2.42. The maximum atomic E-state index is 12.6. The lowest BCUT2D eigenvalue weighted by molar-refractivity contribution is -0.385. The molecule has 0 saturated heterocycles. The molecule has 0 bridgehead atoms. The van der Waals surface area contributed by atoms with Crippen LogP contribution in [-0.4, -0.2) is 16.5 Å². The van der Waals surface area contributed by atoms with E-state index >= 15 is 0 Å². The third kappa shape index (κ3) is 1.62. The van der Waals surface area contributed by atoms with Gasteiger partial charge in [0, 0.05) is 23.5 Å². The van der Waals surface area contributed by atoms with Crippen molar-refractivity contribution in [3.05, 3.63) is 51.6 Å². The summed E-state index contributed by atoms with van der Waals surface area (Å²) >= 11 is 0. The number of hydrogen-bond donors (Lipinski definition) is 0. The van der Waals surface area contributed by atoms with E-state index in [-0.39, 0.29) is 40.2 Å². The van der Waals surface area contributed by atoms with Crippen LogP contribution in [0.2, 0.25) is 0 Å². The lowest BCUT2D eigenvalue weighted by atomic mass is 9.65. The number of nitro groups is 1. The number of nitrogens with zero attached hydrogens (tertiary/aromatic N) is 1. The van der Waals surface area contributed by atoms with Gasteiger partial charge < -0.3 is 0 Å². The van der Waals surface area contributed by atoms with Gasteiger partial charge >= 0.3 is 0 Å². The van der Waals surface area contributed by atoms with Crippen molar-refractivity contribution < 1.29 is 14.5 Å². The Morgan fingerprint density at radius 1 is 1.25 bits per heavy atom. The van der Waals surface area contributed by atoms with Crippen LogP contribution >= 0.6 is 0 Å². The molecule has 3 atom stereocenters. The van der Waals surface area contributed by atoms with Crippen molar-refractivity contribution in [2.45, 2.75) is 13.3 Å². The van der Waals surface area contributed by atoms with E-state index in [4.69, 9.17) is 0 Å². The van der Waals surface area contributed by atoms with E-state index in [2.05, 4.69) is 0 Å². The Morgan fingerprint density at radius 3 is 2.70 bits per heavy atom. The first-order valence-corrected chi connectivity index (χ1v) is 6.55. The van der Waals surface area contributed by atoms with Gasteiger partial charge in [0.25, 0.3) is 5.69 Å². The molecule has 0 spiro atoms. The molecule has 20 heavy (non-hydrogen) atoms. The molecule has 2 aliphatic rings. The molecular weight excluding hydrogens is 258 g/mol. The Hall–Kier alpha value is -2.30. The van der Waals surface area contributed by atoms with Crippen LogP contribution in [0.4, 0.5) is 5.69 Å². The predicted molar refractivity (Wildman–Crippen MR) is 71.7 cm³/mol. The van der Waals surface area contributed by atoms with Gasteiger partial charge in [0.05, 0.1) is 4.92 Å². The molecule has 1 aromatic rings. The van der Waals surface area contributed by atoms with Crippen molar-refractivity contribution in [1.82, 2.24) is 0 Å². The zero-order valence-electron chi connectivity index (χ0n) is 10.9. The number of carbonyl (C=O) groups is 2. The molecule has 0 unspecified atom stereocenters. The number of nitro benzene ring substituents is 1. The van der Waals surface area contributed by atoms with E-state index < -0.39 is 10.8 Å². The van der Waals surface area contributed by atoms with E-state index in [1.54, 1.807) is 0 Å². The molecule has 0 amide bonds. The molecule has 5 nitrogen and oxygen atoms in total. The standard InChI is InChI=1S/C15H13NO4/c1-8-4-2-5-9-12(8)15(18)13-10(14(9)17)6-3-7-11(13)16(19)20/h2-4,6-9,12H,5H2,1H3/t8-,9-,12-/m1/s1. The minimum Gasteiger partial charge on any atom is -0.294 e. The first-order chi connectivity index (χ1) is 9.52. The monoisotopic (exact) mass is 271 g/mol. The molecule has 0 heterocycles. The fourth-order valence-corrected chi connectivity index (χ4v) is 3.29. The van der Waals surface area contributed by atoms with Gasteiger partial charge in [-0.15, -0.1) is 0 Å². The number of ketones is 2. The van der Waals surface area contributed by atoms with Gasteiger partial charge in [0.1, 0.15) is 5.56 Å². The first kappa shape index (κ1) is 12.7. The van der Waals surface area contributed by atoms with Crippen LogP contribution in [-0.2, 0) is 0 Å². The molecule has 0 aliphatic heterocycles. The normalized spacial score (nSPS) is 27.9. The van der Waals surface area contributed by atoms with Gasteiger partial charge in [-0.1, -0.05) is 31.2 Å². The van der Waals surface area contributed by atoms with Crippen molar-refractivity contribution in [3.8, 4) is 0 Å². The van der Waals surface area contributed by atoms with Gasteiger partial charge in [0.2, 0.25) is 0 Å². The first-order valence-electron chi connectivity index (χ1n) is 6.55. The van der Waals surface area contributed by atoms with E-state index in [1.807, 2.05) is 19.1 Å². The summed E-state index contributed by atoms with van der Waals surface area (Å²) in [4.78, 5) is 35.7. The lowest BCUT2D eigenvalue weighted by Gasteiger charge is -2.35. The van der Waals surface area contributed by atoms with Crippen LogP contribution in [0, 0.1) is 27.9 Å². The van der Waals surface area contributed by atoms with Crippen LogP contribution < -0.4 is 0 Å². The Labute approximate surface area is 115 Å². The molecule has 0 fully saturated rings. The third-order valence-electron chi connectivity index (χ3n) is 4.22. The van der Waals surface area contributed by atoms with E-state index in [1.165, 1.54) is 18.2 Å². The minimum absolute atomic E-state index is 0.00843. The van der Waals surface area contributed by atoms with Crippen molar-refractivity contribution in [2.24, 2.45) is 17.8 Å². The molecule has 0 radical (unpaired) electrons. The number of hydrogen-bond acceptors (Lipinski definition) is 4. The summed E-state index contributed by atoms with van der Waals surface area (Å²) in [6, 6.07) is 4.26. The Kier molecular flexibility index (Phi) is 2.78. The maximum Gasteiger partial charge on any atom is 0.280 e. The van der Waals surface area contributed by atoms with Gasteiger partial charge in [-0.25, -0.2) is 0 Å². The summed E-state index contributed by atoms with van der Waals surface area (Å²) in [5, 5.41) is 11.1. The molecule has 0 saturated carbocycles. The van der Waals surface area contributed by atoms with Crippen molar-refractivity contribution in [1.29, 1.82) is 0 Å². The number of carbonyl (C=O) groups excluding carboxylic acids is 2. The SMILES string of the molecule is C[C@@H]1C=CC[C@H]2C(=O)c3cccc([N+](=O)[O-])c3C(=O)[C@H]12. The van der Waals surface area contributed by atoms with E-state index in [0.717, 1.165) is 0 Å². The molecule has 0 N–H and O–H groups in total. The van der Waals surface area contributed by atoms with Crippen LogP contribution in [0.15, 0.2) is 30.4 Å². The number of allylic oxidation sites excluding steroid dienone is 2. The summed E-state index contributed by atoms with van der Waals surface area (Å²) < 4.78 is 0. The summed E-state index contributed by atoms with van der Waals surface area (Å²) in [6.07, 6.45) is 4.35. The molecule has 3 rings (SSSR count). The largest absolute Gasteiger partial charge is 0.294 e. The van der Waals surface area contributed by atoms with Gasteiger partial charge in [-0.3, -0.25) is 19.7 Å². The smallest absolute Gasteiger partial charge is 0.280 e. The highest BCUT2D eigenvalue weighted by atomic mass is 16.6. The summed E-state index contributed by atoms with van der Waals surface area (Å²) in [5.74, 6) is -1.34. The van der Waals surface area contributed by atoms with Gasteiger partial charge in [-0.2, -0.15) is 0 Å². The number of Topliss-reactive ketones (excluding diaryl/α,β-unsaturated/α-hetero) is 2. The molecule has 2 aliphatic carbocycles. The molecule has 1 aromatic carbocycles. The fourth-order valence-electron chi connectivity index (χ4n) is 3.29. The van der Waals surface area contributed by atoms with Crippen LogP contribution in [0.3, 0.4) is 0 Å². The van der Waals surface area contributed by atoms with Crippen molar-refractivity contribution in [3.63, 3.8) is 0 Å². The van der Waals surface area contributed by atoms with E-state index in [0.29, 0.717) is 6.42 Å². The highest BCUT2D eigenvalue weighted by Gasteiger charge is 2.46. The Morgan fingerprint density at radius 2 is 2.00 bits per heavy atom. The lowest BCUT2D eigenvalue weighted by Crippen LogP contribution is -2.41. The molecule has 0 aromatic heterocycles. The number of rotatable bonds is 1. The molecular formula is C15H13NO4. The Balaban J connectivity index is 2.23. The second-order valence-corrected chi connectivity index (χ2v) is 5.34. The zero-order valence-corrected chi connectivity index (χ0v) is 10.9. The van der Waals surface area contributed by atoms with Crippen molar-refractivity contribution in [2.75, 3.05) is 0 Å². The molecule has 102 valence electrons. The summed E-state index contributed by atoms with van der Waals surface area (Å²) in [6.45, 7) is 1.87. The zero-order chi connectivity index (χ0) is 14.4. The van der Waals surface area contributed by atoms with Crippen molar-refractivity contribution >= 4 is 17.3 Å². The third-order valence-corrected chi connectivity index (χ3v) is 4.22. The Bertz CT molecular complexity index is 662. The fraction of sp³-hybridized carbons (Fsp3) is 0.333. The van der Waals surface area contributed by atoms with Crippen LogP contribution in [0.5, 0.6) is 0 Å². The van der Waals surface area contributed by atoms with Crippen LogP contribution in [0.25, 0.3) is 0 Å². The second kappa shape index (κ2) is 4.37. The van der Waals surface area contributed by atoms with Crippen LogP contribution in [0.1, 0.15) is 34.1 Å². The van der Waals surface area contributed by atoms with E-state index in [9.17, 15) is 19.7 Å². The summed E-state index contributed by atoms with van der Waals surface area (Å²) in [7, 11) is 0. The average Bonchev–Trinajstić information content (AvgIpc) is 2.43. The van der Waals surface area contributed by atoms with Gasteiger partial charge in [-0.05, 0) is 12.3 Å². The van der Waals surface area contributed by atoms with Gasteiger partial charge in [0.15, 0.2) is 11.6 Å². The number of fused-ring (bicyclic) bond motifs is 2. The second-order valence-electron chi connectivity index (χ2n) is 5.34. The topological polar surface area (TPSA) is 77.3 Å². The maximum absolute atomic E-state index is 12.6. The number of benzene rings is 1. The quantitative estimate of drug-likeness (QED) is 0.447.